The fraction of sp³-hybridized carbons (Fsp3) is 0.190. The molecule has 3 amide bonds. The summed E-state index contributed by atoms with van der Waals surface area (Å²) in [5, 5.41) is 2.27. The third-order valence-corrected chi connectivity index (χ3v) is 5.10. The summed E-state index contributed by atoms with van der Waals surface area (Å²) >= 11 is 0.855. The molecule has 3 rings (SSSR count). The Balaban J connectivity index is 1.67. The van der Waals surface area contributed by atoms with Gasteiger partial charge in [-0.05, 0) is 54.4 Å². The van der Waals surface area contributed by atoms with Crippen molar-refractivity contribution in [2.75, 3.05) is 11.9 Å². The summed E-state index contributed by atoms with van der Waals surface area (Å²) in [4.78, 5) is 38.2. The molecule has 0 spiro atoms. The molecule has 0 saturated carbocycles. The fourth-order valence-corrected chi connectivity index (χ4v) is 3.46. The van der Waals surface area contributed by atoms with E-state index in [-0.39, 0.29) is 6.54 Å². The molecule has 2 aromatic rings. The maximum Gasteiger partial charge on any atom is 0.294 e. The SMILES string of the molecule is CCc1ccc(/C=C2/SC(=O)N(CC(=O)Nc3ccc(C)cc3)C2=O)cc1. The zero-order valence-corrected chi connectivity index (χ0v) is 16.0. The van der Waals surface area contributed by atoms with E-state index in [1.807, 2.05) is 43.3 Å². The molecule has 1 N–H and O–H groups in total. The molecule has 2 aromatic carbocycles. The second-order valence-corrected chi connectivity index (χ2v) is 7.27. The predicted molar refractivity (Wildman–Crippen MR) is 108 cm³/mol. The van der Waals surface area contributed by atoms with Gasteiger partial charge in [0.25, 0.3) is 11.1 Å². The molecule has 0 bridgehead atoms. The van der Waals surface area contributed by atoms with E-state index in [9.17, 15) is 14.4 Å². The number of carbonyl (C=O) groups is 3. The van der Waals surface area contributed by atoms with Crippen molar-refractivity contribution in [2.45, 2.75) is 20.3 Å². The van der Waals surface area contributed by atoms with Crippen LogP contribution in [0.25, 0.3) is 6.08 Å². The Morgan fingerprint density at radius 2 is 1.74 bits per heavy atom. The minimum atomic E-state index is -0.441. The summed E-state index contributed by atoms with van der Waals surface area (Å²) in [6.07, 6.45) is 2.62. The van der Waals surface area contributed by atoms with Crippen LogP contribution in [0, 0.1) is 6.92 Å². The van der Waals surface area contributed by atoms with E-state index in [0.717, 1.165) is 34.2 Å². The van der Waals surface area contributed by atoms with Crippen LogP contribution in [0.2, 0.25) is 0 Å². The molecule has 6 heteroatoms. The smallest absolute Gasteiger partial charge is 0.294 e. The van der Waals surface area contributed by atoms with Crippen LogP contribution in [0.3, 0.4) is 0 Å². The lowest BCUT2D eigenvalue weighted by Gasteiger charge is -2.12. The summed E-state index contributed by atoms with van der Waals surface area (Å²) in [6, 6.07) is 15.1. The molecule has 0 atom stereocenters. The van der Waals surface area contributed by atoms with Crippen LogP contribution in [0.1, 0.15) is 23.6 Å². The molecule has 0 unspecified atom stereocenters. The summed E-state index contributed by atoms with van der Waals surface area (Å²) in [6.45, 7) is 3.72. The van der Waals surface area contributed by atoms with E-state index in [2.05, 4.69) is 12.2 Å². The molecule has 1 fully saturated rings. The molecule has 5 nitrogen and oxygen atoms in total. The summed E-state index contributed by atoms with van der Waals surface area (Å²) < 4.78 is 0. The van der Waals surface area contributed by atoms with Crippen molar-refractivity contribution < 1.29 is 14.4 Å². The Hall–Kier alpha value is -2.86. The van der Waals surface area contributed by atoms with Crippen molar-refractivity contribution in [3.63, 3.8) is 0 Å². The summed E-state index contributed by atoms with van der Waals surface area (Å²) in [7, 11) is 0. The van der Waals surface area contributed by atoms with Gasteiger partial charge in [-0.15, -0.1) is 0 Å². The lowest BCUT2D eigenvalue weighted by molar-refractivity contribution is -0.127. The van der Waals surface area contributed by atoms with Gasteiger partial charge in [-0.3, -0.25) is 19.3 Å². The van der Waals surface area contributed by atoms with Gasteiger partial charge in [-0.1, -0.05) is 48.9 Å². The second-order valence-electron chi connectivity index (χ2n) is 6.28. The number of anilines is 1. The van der Waals surface area contributed by atoms with Crippen molar-refractivity contribution in [3.8, 4) is 0 Å². The summed E-state index contributed by atoms with van der Waals surface area (Å²) in [5.74, 6) is -0.849. The van der Waals surface area contributed by atoms with Crippen LogP contribution in [0.5, 0.6) is 0 Å². The number of nitrogens with one attached hydrogen (secondary N) is 1. The minimum absolute atomic E-state index is 0.301. The molecule has 1 aliphatic heterocycles. The molecule has 27 heavy (non-hydrogen) atoms. The van der Waals surface area contributed by atoms with E-state index in [0.29, 0.717) is 10.6 Å². The van der Waals surface area contributed by atoms with Crippen molar-refractivity contribution in [3.05, 3.63) is 70.1 Å². The van der Waals surface area contributed by atoms with Gasteiger partial charge in [0.15, 0.2) is 0 Å². The quantitative estimate of drug-likeness (QED) is 0.788. The zero-order chi connectivity index (χ0) is 19.4. The number of rotatable bonds is 5. The second kappa shape index (κ2) is 8.22. The minimum Gasteiger partial charge on any atom is -0.325 e. The van der Waals surface area contributed by atoms with E-state index in [1.54, 1.807) is 18.2 Å². The lowest BCUT2D eigenvalue weighted by Crippen LogP contribution is -2.36. The highest BCUT2D eigenvalue weighted by Crippen LogP contribution is 2.32. The number of thioether (sulfide) groups is 1. The number of nitrogens with zero attached hydrogens (tertiary/aromatic N) is 1. The number of carbonyl (C=O) groups excluding carboxylic acids is 3. The van der Waals surface area contributed by atoms with Gasteiger partial charge in [0.05, 0.1) is 4.91 Å². The first-order valence-corrected chi connectivity index (χ1v) is 9.48. The highest BCUT2D eigenvalue weighted by Gasteiger charge is 2.36. The van der Waals surface area contributed by atoms with Crippen molar-refractivity contribution in [1.29, 1.82) is 0 Å². The molecule has 138 valence electrons. The van der Waals surface area contributed by atoms with E-state index >= 15 is 0 Å². The molecule has 0 aromatic heterocycles. The number of amides is 3. The predicted octanol–water partition coefficient (Wildman–Crippen LogP) is 4.23. The molecule has 1 saturated heterocycles. The highest BCUT2D eigenvalue weighted by molar-refractivity contribution is 8.18. The number of hydrogen-bond acceptors (Lipinski definition) is 4. The maximum absolute atomic E-state index is 12.5. The molecular weight excluding hydrogens is 360 g/mol. The topological polar surface area (TPSA) is 66.5 Å². The fourth-order valence-electron chi connectivity index (χ4n) is 2.62. The van der Waals surface area contributed by atoms with Gasteiger partial charge in [0, 0.05) is 5.69 Å². The van der Waals surface area contributed by atoms with Crippen LogP contribution in [0.15, 0.2) is 53.4 Å². The van der Waals surface area contributed by atoms with Crippen LogP contribution in [-0.2, 0) is 16.0 Å². The molecule has 0 radical (unpaired) electrons. The Morgan fingerprint density at radius 3 is 2.37 bits per heavy atom. The van der Waals surface area contributed by atoms with Crippen LogP contribution in [-0.4, -0.2) is 28.5 Å². The van der Waals surface area contributed by atoms with Crippen molar-refractivity contribution >= 4 is 40.6 Å². The van der Waals surface area contributed by atoms with Gasteiger partial charge < -0.3 is 5.32 Å². The first-order valence-electron chi connectivity index (χ1n) is 8.67. The monoisotopic (exact) mass is 380 g/mol. The number of aryl methyl sites for hydroxylation is 2. The molecule has 1 heterocycles. The van der Waals surface area contributed by atoms with Crippen molar-refractivity contribution in [2.24, 2.45) is 0 Å². The van der Waals surface area contributed by atoms with E-state index < -0.39 is 17.1 Å². The Bertz CT molecular complexity index is 902. The van der Waals surface area contributed by atoms with Crippen LogP contribution >= 0.6 is 11.8 Å². The molecular formula is C21H20N2O3S. The highest BCUT2D eigenvalue weighted by atomic mass is 32.2. The molecule has 1 aliphatic rings. The van der Waals surface area contributed by atoms with Crippen LogP contribution < -0.4 is 5.32 Å². The maximum atomic E-state index is 12.5. The van der Waals surface area contributed by atoms with Gasteiger partial charge in [-0.2, -0.15) is 0 Å². The molecule has 0 aliphatic carbocycles. The lowest BCUT2D eigenvalue weighted by atomic mass is 10.1. The number of hydrogen-bond donors (Lipinski definition) is 1. The Kier molecular flexibility index (Phi) is 5.76. The average molecular weight is 380 g/mol. The Morgan fingerprint density at radius 1 is 1.07 bits per heavy atom. The van der Waals surface area contributed by atoms with Crippen LogP contribution in [0.4, 0.5) is 10.5 Å². The van der Waals surface area contributed by atoms with E-state index in [4.69, 9.17) is 0 Å². The zero-order valence-electron chi connectivity index (χ0n) is 15.2. The van der Waals surface area contributed by atoms with Gasteiger partial charge in [-0.25, -0.2) is 0 Å². The largest absolute Gasteiger partial charge is 0.325 e. The average Bonchev–Trinajstić information content (AvgIpc) is 2.91. The standard InChI is InChI=1S/C21H20N2O3S/c1-3-15-6-8-16(9-7-15)12-18-20(25)23(21(26)27-18)13-19(24)22-17-10-4-14(2)5-11-17/h4-12H,3,13H2,1-2H3,(H,22,24)/b18-12+. The van der Waals surface area contributed by atoms with Gasteiger partial charge in [0.1, 0.15) is 6.54 Å². The summed E-state index contributed by atoms with van der Waals surface area (Å²) in [5.41, 5.74) is 3.76. The third-order valence-electron chi connectivity index (χ3n) is 4.20. The normalized spacial score (nSPS) is 15.5. The van der Waals surface area contributed by atoms with Crippen molar-refractivity contribution in [1.82, 2.24) is 4.90 Å². The van der Waals surface area contributed by atoms with E-state index in [1.165, 1.54) is 5.56 Å². The number of imide groups is 1. The van der Waals surface area contributed by atoms with Gasteiger partial charge >= 0.3 is 0 Å². The van der Waals surface area contributed by atoms with Gasteiger partial charge in [0.2, 0.25) is 5.91 Å². The third kappa shape index (κ3) is 4.65. The first-order chi connectivity index (χ1) is 13.0. The number of benzene rings is 2. The Labute approximate surface area is 162 Å². The first kappa shape index (κ1) is 18.9.